The number of amides is 1. The number of piperidine rings is 1. The van der Waals surface area contributed by atoms with E-state index in [1.807, 2.05) is 12.1 Å². The van der Waals surface area contributed by atoms with E-state index >= 15 is 0 Å². The van der Waals surface area contributed by atoms with E-state index in [9.17, 15) is 9.18 Å². The Labute approximate surface area is 179 Å². The van der Waals surface area contributed by atoms with E-state index in [2.05, 4.69) is 44.4 Å². The molecule has 3 aromatic rings. The second-order valence-electron chi connectivity index (χ2n) is 8.23. The highest BCUT2D eigenvalue weighted by molar-refractivity contribution is 7.22. The molecule has 156 valence electrons. The third-order valence-electron chi connectivity index (χ3n) is 6.06. The lowest BCUT2D eigenvalue weighted by Crippen LogP contribution is -2.56. The number of carbonyl (C=O) groups is 1. The quantitative estimate of drug-likeness (QED) is 0.679. The van der Waals surface area contributed by atoms with Crippen molar-refractivity contribution >= 4 is 32.6 Å². The zero-order valence-electron chi connectivity index (χ0n) is 16.8. The molecule has 7 heteroatoms. The molecule has 0 unspecified atom stereocenters. The van der Waals surface area contributed by atoms with Gasteiger partial charge >= 0.3 is 0 Å². The number of halogens is 1. The largest absolute Gasteiger partial charge is 0.353 e. The number of aromatic nitrogens is 1. The van der Waals surface area contributed by atoms with Crippen LogP contribution in [0.2, 0.25) is 0 Å². The van der Waals surface area contributed by atoms with Gasteiger partial charge in [0.2, 0.25) is 5.91 Å². The van der Waals surface area contributed by atoms with Crippen LogP contribution in [0.3, 0.4) is 0 Å². The first kappa shape index (κ1) is 19.5. The van der Waals surface area contributed by atoms with E-state index in [0.29, 0.717) is 18.6 Å². The topological polar surface area (TPSA) is 48.5 Å². The molecule has 2 saturated heterocycles. The number of carbonyl (C=O) groups excluding carboxylic acids is 1. The second-order valence-corrected chi connectivity index (χ2v) is 9.24. The summed E-state index contributed by atoms with van der Waals surface area (Å²) in [5.41, 5.74) is 1.76. The van der Waals surface area contributed by atoms with Gasteiger partial charge < -0.3 is 10.2 Å². The maximum absolute atomic E-state index is 13.9. The molecule has 0 bridgehead atoms. The van der Waals surface area contributed by atoms with Crippen LogP contribution in [0.15, 0.2) is 48.5 Å². The maximum Gasteiger partial charge on any atom is 0.226 e. The number of fused-ring (bicyclic) bond motifs is 1. The monoisotopic (exact) mass is 424 g/mol. The zero-order valence-corrected chi connectivity index (χ0v) is 17.6. The Balaban J connectivity index is 1.08. The van der Waals surface area contributed by atoms with Crippen LogP contribution in [-0.4, -0.2) is 48.0 Å². The molecule has 2 aliphatic heterocycles. The second kappa shape index (κ2) is 8.32. The van der Waals surface area contributed by atoms with Crippen molar-refractivity contribution in [3.8, 4) is 0 Å². The van der Waals surface area contributed by atoms with Gasteiger partial charge in [0.15, 0.2) is 5.13 Å². The van der Waals surface area contributed by atoms with Gasteiger partial charge in [-0.1, -0.05) is 47.7 Å². The molecule has 1 N–H and O–H groups in total. The lowest BCUT2D eigenvalue weighted by Gasteiger charge is -2.39. The SMILES string of the molecule is O=C(NC1CCN(Cc2ccccc2)CC1)C1CN(c2nc3c(F)cccc3s2)C1. The van der Waals surface area contributed by atoms with Gasteiger partial charge in [-0.25, -0.2) is 9.37 Å². The molecule has 0 radical (unpaired) electrons. The minimum absolute atomic E-state index is 0.00999. The van der Waals surface area contributed by atoms with Crippen molar-refractivity contribution in [2.75, 3.05) is 31.1 Å². The molecule has 0 aliphatic carbocycles. The highest BCUT2D eigenvalue weighted by Gasteiger charge is 2.35. The highest BCUT2D eigenvalue weighted by Crippen LogP contribution is 2.34. The Morgan fingerprint density at radius 1 is 1.10 bits per heavy atom. The first-order valence-corrected chi connectivity index (χ1v) is 11.3. The average Bonchev–Trinajstić information content (AvgIpc) is 3.14. The summed E-state index contributed by atoms with van der Waals surface area (Å²) < 4.78 is 14.7. The molecule has 5 rings (SSSR count). The number of likely N-dealkylation sites (tertiary alicyclic amines) is 1. The number of nitrogens with one attached hydrogen (secondary N) is 1. The Morgan fingerprint density at radius 2 is 1.87 bits per heavy atom. The average molecular weight is 425 g/mol. The van der Waals surface area contributed by atoms with Crippen molar-refractivity contribution in [1.82, 2.24) is 15.2 Å². The van der Waals surface area contributed by atoms with Crippen LogP contribution in [0.5, 0.6) is 0 Å². The van der Waals surface area contributed by atoms with Gasteiger partial charge in [-0.3, -0.25) is 9.69 Å². The summed E-state index contributed by atoms with van der Waals surface area (Å²) in [4.78, 5) is 21.6. The smallest absolute Gasteiger partial charge is 0.226 e. The Bertz CT molecular complexity index is 1030. The van der Waals surface area contributed by atoms with Gasteiger partial charge in [-0.2, -0.15) is 0 Å². The molecule has 2 aromatic carbocycles. The number of para-hydroxylation sites is 1. The number of hydrogen-bond donors (Lipinski definition) is 1. The van der Waals surface area contributed by atoms with E-state index in [1.54, 1.807) is 6.07 Å². The van der Waals surface area contributed by atoms with E-state index in [-0.39, 0.29) is 23.7 Å². The number of anilines is 1. The Kier molecular flexibility index (Phi) is 5.39. The predicted molar refractivity (Wildman–Crippen MR) is 118 cm³/mol. The van der Waals surface area contributed by atoms with Gasteiger partial charge in [0, 0.05) is 38.8 Å². The Morgan fingerprint density at radius 3 is 2.60 bits per heavy atom. The molecule has 1 aromatic heterocycles. The normalized spacial score (nSPS) is 18.5. The Hall–Kier alpha value is -2.51. The van der Waals surface area contributed by atoms with Crippen molar-refractivity contribution in [1.29, 1.82) is 0 Å². The molecule has 0 spiro atoms. The van der Waals surface area contributed by atoms with Gasteiger partial charge in [-0.15, -0.1) is 0 Å². The van der Waals surface area contributed by atoms with Crippen LogP contribution in [0.25, 0.3) is 10.2 Å². The maximum atomic E-state index is 13.9. The first-order valence-electron chi connectivity index (χ1n) is 10.5. The molecule has 2 fully saturated rings. The highest BCUT2D eigenvalue weighted by atomic mass is 32.1. The zero-order chi connectivity index (χ0) is 20.5. The fraction of sp³-hybridized carbons (Fsp3) is 0.391. The van der Waals surface area contributed by atoms with Gasteiger partial charge in [0.25, 0.3) is 0 Å². The summed E-state index contributed by atoms with van der Waals surface area (Å²) in [6, 6.07) is 15.8. The van der Waals surface area contributed by atoms with Crippen LogP contribution in [0.4, 0.5) is 9.52 Å². The lowest BCUT2D eigenvalue weighted by atomic mass is 9.97. The van der Waals surface area contributed by atoms with Gasteiger partial charge in [0.05, 0.1) is 10.6 Å². The van der Waals surface area contributed by atoms with E-state index in [1.165, 1.54) is 23.0 Å². The molecular weight excluding hydrogens is 399 g/mol. The fourth-order valence-corrected chi connectivity index (χ4v) is 5.23. The number of rotatable bonds is 5. The van der Waals surface area contributed by atoms with Crippen LogP contribution >= 0.6 is 11.3 Å². The molecule has 30 heavy (non-hydrogen) atoms. The molecule has 5 nitrogen and oxygen atoms in total. The summed E-state index contributed by atoms with van der Waals surface area (Å²) in [7, 11) is 0. The number of thiazole rings is 1. The fourth-order valence-electron chi connectivity index (χ4n) is 4.24. The van der Waals surface area contributed by atoms with Crippen molar-refractivity contribution in [2.24, 2.45) is 5.92 Å². The summed E-state index contributed by atoms with van der Waals surface area (Å²) in [6.07, 6.45) is 1.98. The summed E-state index contributed by atoms with van der Waals surface area (Å²) in [6.45, 7) is 4.30. The minimum Gasteiger partial charge on any atom is -0.353 e. The third kappa shape index (κ3) is 4.04. The molecule has 1 amide bonds. The number of nitrogens with zero attached hydrogens (tertiary/aromatic N) is 3. The number of hydrogen-bond acceptors (Lipinski definition) is 5. The lowest BCUT2D eigenvalue weighted by molar-refractivity contribution is -0.126. The van der Waals surface area contributed by atoms with Crippen LogP contribution in [-0.2, 0) is 11.3 Å². The predicted octanol–water partition coefficient (Wildman–Crippen LogP) is 3.65. The van der Waals surface area contributed by atoms with Crippen molar-refractivity contribution in [3.05, 3.63) is 59.9 Å². The van der Waals surface area contributed by atoms with Gasteiger partial charge in [0.1, 0.15) is 11.3 Å². The van der Waals surface area contributed by atoms with Crippen LogP contribution in [0, 0.1) is 11.7 Å². The summed E-state index contributed by atoms with van der Waals surface area (Å²) >= 11 is 1.48. The van der Waals surface area contributed by atoms with Crippen molar-refractivity contribution < 1.29 is 9.18 Å². The molecule has 0 atom stereocenters. The van der Waals surface area contributed by atoms with E-state index in [0.717, 1.165) is 42.3 Å². The van der Waals surface area contributed by atoms with Crippen LogP contribution in [0.1, 0.15) is 18.4 Å². The minimum atomic E-state index is -0.288. The third-order valence-corrected chi connectivity index (χ3v) is 7.15. The van der Waals surface area contributed by atoms with Crippen molar-refractivity contribution in [2.45, 2.75) is 25.4 Å². The summed E-state index contributed by atoms with van der Waals surface area (Å²) in [5.74, 6) is -0.160. The van der Waals surface area contributed by atoms with Gasteiger partial charge in [-0.05, 0) is 30.5 Å². The van der Waals surface area contributed by atoms with Crippen LogP contribution < -0.4 is 10.2 Å². The molecule has 3 heterocycles. The van der Waals surface area contributed by atoms with E-state index in [4.69, 9.17) is 0 Å². The number of benzene rings is 2. The standard InChI is InChI=1S/C23H25FN4OS/c24-19-7-4-8-20-21(19)26-23(30-20)28-14-17(15-28)22(29)25-18-9-11-27(12-10-18)13-16-5-2-1-3-6-16/h1-8,17-18H,9-15H2,(H,25,29). The van der Waals surface area contributed by atoms with E-state index < -0.39 is 0 Å². The first-order chi connectivity index (χ1) is 14.7. The van der Waals surface area contributed by atoms with Crippen molar-refractivity contribution in [3.63, 3.8) is 0 Å². The molecule has 0 saturated carbocycles. The summed E-state index contributed by atoms with van der Waals surface area (Å²) in [5, 5.41) is 4.04. The molecule has 2 aliphatic rings. The molecular formula is C23H25FN4OS.